The number of rotatable bonds is 7. The summed E-state index contributed by atoms with van der Waals surface area (Å²) >= 11 is 0. The van der Waals surface area contributed by atoms with Crippen molar-refractivity contribution in [3.8, 4) is 11.5 Å². The Morgan fingerprint density at radius 1 is 0.939 bits per heavy atom. The molecule has 0 radical (unpaired) electrons. The Labute approximate surface area is 196 Å². The molecule has 0 unspecified atom stereocenters. The van der Waals surface area contributed by atoms with Crippen LogP contribution in [0.2, 0.25) is 0 Å². The van der Waals surface area contributed by atoms with Crippen LogP contribution in [0, 0.1) is 5.92 Å². The maximum Gasteiger partial charge on any atom is 0.161 e. The van der Waals surface area contributed by atoms with Gasteiger partial charge in [0.05, 0.1) is 24.9 Å². The summed E-state index contributed by atoms with van der Waals surface area (Å²) in [7, 11) is 0. The molecule has 2 aliphatic rings. The van der Waals surface area contributed by atoms with Crippen molar-refractivity contribution in [2.24, 2.45) is 10.9 Å². The number of benzene rings is 3. The van der Waals surface area contributed by atoms with E-state index in [2.05, 4.69) is 71.0 Å². The van der Waals surface area contributed by atoms with Crippen LogP contribution in [0.25, 0.3) is 0 Å². The van der Waals surface area contributed by atoms with Crippen LogP contribution < -0.4 is 14.8 Å². The lowest BCUT2D eigenvalue weighted by molar-refractivity contribution is 0.288. The average molecular weight is 439 g/mol. The number of hydrogen-bond donors (Lipinski definition) is 1. The van der Waals surface area contributed by atoms with E-state index in [9.17, 15) is 0 Å². The molecule has 3 aromatic carbocycles. The van der Waals surface area contributed by atoms with Crippen LogP contribution in [0.5, 0.6) is 11.5 Å². The summed E-state index contributed by atoms with van der Waals surface area (Å²) in [5.74, 6) is 2.56. The normalized spacial score (nSPS) is 20.8. The number of hydrogen-bond acceptors (Lipinski definition) is 4. The largest absolute Gasteiger partial charge is 0.490 e. The van der Waals surface area contributed by atoms with Gasteiger partial charge in [-0.05, 0) is 79.3 Å². The van der Waals surface area contributed by atoms with Crippen LogP contribution >= 0.6 is 0 Å². The van der Waals surface area contributed by atoms with E-state index >= 15 is 0 Å². The third kappa shape index (κ3) is 4.38. The second kappa shape index (κ2) is 9.53. The molecule has 4 heteroatoms. The number of fused-ring (bicyclic) bond motifs is 3. The van der Waals surface area contributed by atoms with Crippen molar-refractivity contribution < 1.29 is 9.47 Å². The first-order valence-electron chi connectivity index (χ1n) is 11.8. The zero-order chi connectivity index (χ0) is 22.6. The van der Waals surface area contributed by atoms with Gasteiger partial charge in [0, 0.05) is 17.8 Å². The fourth-order valence-electron chi connectivity index (χ4n) is 4.94. The third-order valence-corrected chi connectivity index (χ3v) is 6.45. The van der Waals surface area contributed by atoms with Crippen molar-refractivity contribution >= 4 is 17.6 Å². The van der Waals surface area contributed by atoms with Crippen molar-refractivity contribution in [2.45, 2.75) is 32.2 Å². The zero-order valence-corrected chi connectivity index (χ0v) is 19.2. The van der Waals surface area contributed by atoms with Gasteiger partial charge in [0.15, 0.2) is 11.5 Å². The van der Waals surface area contributed by atoms with Gasteiger partial charge in [-0.1, -0.05) is 42.5 Å². The summed E-state index contributed by atoms with van der Waals surface area (Å²) in [6.07, 6.45) is 7.69. The van der Waals surface area contributed by atoms with Gasteiger partial charge >= 0.3 is 0 Å². The molecule has 0 fully saturated rings. The minimum absolute atomic E-state index is 0.304. The first kappa shape index (κ1) is 21.3. The molecule has 5 rings (SSSR count). The van der Waals surface area contributed by atoms with Gasteiger partial charge in [0.25, 0.3) is 0 Å². The Balaban J connectivity index is 1.33. The molecule has 3 aromatic rings. The predicted octanol–water partition coefficient (Wildman–Crippen LogP) is 7.06. The van der Waals surface area contributed by atoms with Gasteiger partial charge < -0.3 is 14.8 Å². The standard InChI is InChI=1S/C29H30N2O2/c1-3-32-27-17-12-20(18-28(27)33-4-2)19-30-22-15-13-21(14-16-22)29-25-10-7-9-23(25)24-8-5-6-11-26(24)31-29/h5-9,11-19,23,25,29,31H,3-4,10H2,1-2H3/t23-,25+,29-/m0/s1. The van der Waals surface area contributed by atoms with Crippen LogP contribution in [0.15, 0.2) is 83.9 Å². The predicted molar refractivity (Wildman–Crippen MR) is 135 cm³/mol. The summed E-state index contributed by atoms with van der Waals surface area (Å²) in [5.41, 5.74) is 5.88. The van der Waals surface area contributed by atoms with Crippen molar-refractivity contribution in [1.82, 2.24) is 0 Å². The van der Waals surface area contributed by atoms with Gasteiger partial charge in [-0.2, -0.15) is 0 Å². The minimum Gasteiger partial charge on any atom is -0.490 e. The Hall–Kier alpha value is -3.53. The van der Waals surface area contributed by atoms with Crippen molar-refractivity contribution in [1.29, 1.82) is 0 Å². The fraction of sp³-hybridized carbons (Fsp3) is 0.276. The molecule has 0 amide bonds. The Morgan fingerprint density at radius 2 is 1.73 bits per heavy atom. The molecule has 1 heterocycles. The molecular formula is C29H30N2O2. The number of aliphatic imine (C=N–C) groups is 1. The molecule has 0 saturated heterocycles. The van der Waals surface area contributed by atoms with Crippen LogP contribution in [-0.4, -0.2) is 19.4 Å². The molecule has 0 spiro atoms. The Kier molecular flexibility index (Phi) is 6.16. The third-order valence-electron chi connectivity index (χ3n) is 6.45. The number of allylic oxidation sites excluding steroid dienone is 2. The lowest BCUT2D eigenvalue weighted by atomic mass is 9.77. The zero-order valence-electron chi connectivity index (χ0n) is 19.2. The van der Waals surface area contributed by atoms with E-state index in [-0.39, 0.29) is 0 Å². The maximum atomic E-state index is 5.73. The van der Waals surface area contributed by atoms with Gasteiger partial charge in [-0.25, -0.2) is 0 Å². The lowest BCUT2D eigenvalue weighted by Crippen LogP contribution is -2.28. The number of anilines is 1. The monoisotopic (exact) mass is 438 g/mol. The van der Waals surface area contributed by atoms with E-state index in [1.165, 1.54) is 16.8 Å². The van der Waals surface area contributed by atoms with E-state index in [4.69, 9.17) is 9.47 Å². The second-order valence-electron chi connectivity index (χ2n) is 8.48. The van der Waals surface area contributed by atoms with E-state index in [1.54, 1.807) is 0 Å². The molecule has 4 nitrogen and oxygen atoms in total. The first-order valence-corrected chi connectivity index (χ1v) is 11.8. The van der Waals surface area contributed by atoms with Crippen LogP contribution in [-0.2, 0) is 0 Å². The van der Waals surface area contributed by atoms with E-state index < -0.39 is 0 Å². The molecule has 3 atom stereocenters. The van der Waals surface area contributed by atoms with E-state index in [0.29, 0.717) is 31.1 Å². The average Bonchev–Trinajstić information content (AvgIpc) is 3.35. The van der Waals surface area contributed by atoms with Crippen LogP contribution in [0.1, 0.15) is 48.9 Å². The SMILES string of the molecule is CCOc1ccc(C=Nc2ccc([C@@H]3Nc4ccccc4[C@@H]4C=CC[C@H]43)cc2)cc1OCC. The topological polar surface area (TPSA) is 42.8 Å². The molecule has 1 aliphatic carbocycles. The summed E-state index contributed by atoms with van der Waals surface area (Å²) in [6, 6.07) is 23.5. The van der Waals surface area contributed by atoms with E-state index in [0.717, 1.165) is 29.2 Å². The minimum atomic E-state index is 0.304. The van der Waals surface area contributed by atoms with Crippen LogP contribution in [0.4, 0.5) is 11.4 Å². The molecule has 0 saturated carbocycles. The highest BCUT2D eigenvalue weighted by molar-refractivity contribution is 5.83. The molecule has 168 valence electrons. The van der Waals surface area contributed by atoms with Gasteiger partial charge in [0.1, 0.15) is 0 Å². The number of ether oxygens (including phenoxy) is 2. The van der Waals surface area contributed by atoms with Gasteiger partial charge in [0.2, 0.25) is 0 Å². The molecule has 1 aliphatic heterocycles. The highest BCUT2D eigenvalue weighted by atomic mass is 16.5. The number of nitrogens with one attached hydrogen (secondary N) is 1. The molecule has 33 heavy (non-hydrogen) atoms. The van der Waals surface area contributed by atoms with Crippen molar-refractivity contribution in [2.75, 3.05) is 18.5 Å². The smallest absolute Gasteiger partial charge is 0.161 e. The highest BCUT2D eigenvalue weighted by Gasteiger charge is 2.37. The Bertz CT molecular complexity index is 1170. The highest BCUT2D eigenvalue weighted by Crippen LogP contribution is 2.49. The number of nitrogens with zero attached hydrogens (tertiary/aromatic N) is 1. The van der Waals surface area contributed by atoms with Crippen LogP contribution in [0.3, 0.4) is 0 Å². The molecular weight excluding hydrogens is 408 g/mol. The summed E-state index contributed by atoms with van der Waals surface area (Å²) in [5, 5.41) is 3.79. The summed E-state index contributed by atoms with van der Waals surface area (Å²) in [6.45, 7) is 5.15. The van der Waals surface area contributed by atoms with Gasteiger partial charge in [-0.15, -0.1) is 0 Å². The fourth-order valence-corrected chi connectivity index (χ4v) is 4.94. The van der Waals surface area contributed by atoms with Crippen molar-refractivity contribution in [3.63, 3.8) is 0 Å². The molecule has 0 bridgehead atoms. The Morgan fingerprint density at radius 3 is 2.55 bits per heavy atom. The molecule has 0 aromatic heterocycles. The second-order valence-corrected chi connectivity index (χ2v) is 8.48. The lowest BCUT2D eigenvalue weighted by Gasteiger charge is -2.37. The van der Waals surface area contributed by atoms with Gasteiger partial charge in [-0.3, -0.25) is 4.99 Å². The summed E-state index contributed by atoms with van der Waals surface area (Å²) < 4.78 is 11.4. The quantitative estimate of drug-likeness (QED) is 0.317. The first-order chi connectivity index (χ1) is 16.3. The number of para-hydroxylation sites is 1. The summed E-state index contributed by atoms with van der Waals surface area (Å²) in [4.78, 5) is 4.69. The maximum absolute atomic E-state index is 5.73. The molecule has 1 N–H and O–H groups in total. The van der Waals surface area contributed by atoms with Crippen molar-refractivity contribution in [3.05, 3.63) is 95.6 Å². The van der Waals surface area contributed by atoms with E-state index in [1.807, 2.05) is 38.3 Å².